The van der Waals surface area contributed by atoms with Crippen LogP contribution < -0.4 is 0 Å². The third kappa shape index (κ3) is 11.1. The zero-order chi connectivity index (χ0) is 12.1. The molecule has 90 valence electrons. The first-order valence-electron chi connectivity index (χ1n) is 6.20. The Kier molecular flexibility index (Phi) is 14.6. The van der Waals surface area contributed by atoms with Gasteiger partial charge < -0.3 is 5.11 Å². The van der Waals surface area contributed by atoms with Gasteiger partial charge in [0.1, 0.15) is 0 Å². The van der Waals surface area contributed by atoms with Gasteiger partial charge in [0.15, 0.2) is 0 Å². The molecule has 0 aliphatic heterocycles. The van der Waals surface area contributed by atoms with Crippen molar-refractivity contribution in [3.63, 3.8) is 0 Å². The van der Waals surface area contributed by atoms with Crippen LogP contribution in [0.4, 0.5) is 0 Å². The van der Waals surface area contributed by atoms with Crippen molar-refractivity contribution < 1.29 is 9.90 Å². The standard InChI is InChI=1S/C9H14O2.2C2H6/c10-9(11)7-6-8-4-2-1-3-5-8;2*1-2/h6-8H,1-5H2,(H,10,11);2*1-2H3/b7-6+;;. The lowest BCUT2D eigenvalue weighted by Crippen LogP contribution is -2.03. The average Bonchev–Trinajstić information content (AvgIpc) is 2.33. The van der Waals surface area contributed by atoms with Crippen LogP contribution in [0.3, 0.4) is 0 Å². The van der Waals surface area contributed by atoms with Crippen molar-refractivity contribution in [2.45, 2.75) is 59.8 Å². The summed E-state index contributed by atoms with van der Waals surface area (Å²) in [4.78, 5) is 10.2. The second-order valence-corrected chi connectivity index (χ2v) is 3.10. The van der Waals surface area contributed by atoms with Gasteiger partial charge in [-0.15, -0.1) is 0 Å². The number of rotatable bonds is 2. The van der Waals surface area contributed by atoms with Crippen LogP contribution in [0, 0.1) is 5.92 Å². The zero-order valence-electron chi connectivity index (χ0n) is 10.6. The molecule has 1 fully saturated rings. The van der Waals surface area contributed by atoms with Gasteiger partial charge in [0.25, 0.3) is 0 Å². The Hall–Kier alpha value is -0.790. The molecule has 0 spiro atoms. The molecule has 0 aromatic carbocycles. The second kappa shape index (κ2) is 13.2. The molecule has 1 aliphatic carbocycles. The highest BCUT2D eigenvalue weighted by Gasteiger charge is 2.09. The van der Waals surface area contributed by atoms with E-state index in [0.717, 1.165) is 0 Å². The quantitative estimate of drug-likeness (QED) is 0.697. The predicted molar refractivity (Wildman–Crippen MR) is 66.0 cm³/mol. The Labute approximate surface area is 94.4 Å². The SMILES string of the molecule is CC.CC.O=C(O)/C=C/C1CCCCC1. The third-order valence-corrected chi connectivity index (χ3v) is 2.16. The topological polar surface area (TPSA) is 37.3 Å². The molecule has 15 heavy (non-hydrogen) atoms. The van der Waals surface area contributed by atoms with Gasteiger partial charge in [0, 0.05) is 6.08 Å². The Bertz CT molecular complexity index is 156. The van der Waals surface area contributed by atoms with Crippen LogP contribution >= 0.6 is 0 Å². The number of carboxylic acid groups (broad SMARTS) is 1. The number of aliphatic carboxylic acids is 1. The Balaban J connectivity index is 0. The van der Waals surface area contributed by atoms with E-state index >= 15 is 0 Å². The summed E-state index contributed by atoms with van der Waals surface area (Å²) in [5.41, 5.74) is 0. The number of allylic oxidation sites excluding steroid dienone is 1. The smallest absolute Gasteiger partial charge is 0.327 e. The van der Waals surface area contributed by atoms with Crippen molar-refractivity contribution in [3.05, 3.63) is 12.2 Å². The monoisotopic (exact) mass is 214 g/mol. The summed E-state index contributed by atoms with van der Waals surface area (Å²) in [6.45, 7) is 8.00. The molecule has 0 aromatic rings. The number of hydrogen-bond donors (Lipinski definition) is 1. The maximum absolute atomic E-state index is 10.2. The molecule has 1 rings (SSSR count). The van der Waals surface area contributed by atoms with Crippen LogP contribution in [0.1, 0.15) is 59.8 Å². The summed E-state index contributed by atoms with van der Waals surface area (Å²) in [7, 11) is 0. The minimum atomic E-state index is -0.824. The Morgan fingerprint density at radius 3 is 1.93 bits per heavy atom. The molecule has 0 unspecified atom stereocenters. The van der Waals surface area contributed by atoms with Gasteiger partial charge in [-0.25, -0.2) is 4.79 Å². The highest BCUT2D eigenvalue weighted by Crippen LogP contribution is 2.24. The summed E-state index contributed by atoms with van der Waals surface area (Å²) >= 11 is 0. The lowest BCUT2D eigenvalue weighted by Gasteiger charge is -2.17. The molecule has 1 N–H and O–H groups in total. The van der Waals surface area contributed by atoms with E-state index in [4.69, 9.17) is 5.11 Å². The van der Waals surface area contributed by atoms with Crippen LogP contribution in [0.5, 0.6) is 0 Å². The van der Waals surface area contributed by atoms with E-state index in [2.05, 4.69) is 0 Å². The third-order valence-electron chi connectivity index (χ3n) is 2.16. The van der Waals surface area contributed by atoms with Crippen molar-refractivity contribution in [1.82, 2.24) is 0 Å². The van der Waals surface area contributed by atoms with E-state index in [1.807, 2.05) is 33.8 Å². The van der Waals surface area contributed by atoms with Crippen molar-refractivity contribution in [2.75, 3.05) is 0 Å². The normalized spacial score (nSPS) is 16.0. The molecule has 0 aromatic heterocycles. The highest BCUT2D eigenvalue weighted by atomic mass is 16.4. The summed E-state index contributed by atoms with van der Waals surface area (Å²) < 4.78 is 0. The molecule has 0 bridgehead atoms. The lowest BCUT2D eigenvalue weighted by atomic mass is 9.89. The fraction of sp³-hybridized carbons (Fsp3) is 0.769. The van der Waals surface area contributed by atoms with E-state index in [-0.39, 0.29) is 0 Å². The highest BCUT2D eigenvalue weighted by molar-refractivity contribution is 5.79. The van der Waals surface area contributed by atoms with Gasteiger partial charge >= 0.3 is 5.97 Å². The molecule has 0 saturated heterocycles. The molecule has 0 radical (unpaired) electrons. The van der Waals surface area contributed by atoms with Crippen LogP contribution in [0.25, 0.3) is 0 Å². The van der Waals surface area contributed by atoms with Crippen LogP contribution in [0.2, 0.25) is 0 Å². The van der Waals surface area contributed by atoms with Crippen molar-refractivity contribution in [2.24, 2.45) is 5.92 Å². The van der Waals surface area contributed by atoms with Gasteiger partial charge in [0.2, 0.25) is 0 Å². The summed E-state index contributed by atoms with van der Waals surface area (Å²) in [6.07, 6.45) is 9.28. The number of carboxylic acids is 1. The minimum absolute atomic E-state index is 0.528. The minimum Gasteiger partial charge on any atom is -0.478 e. The van der Waals surface area contributed by atoms with Gasteiger partial charge in [-0.3, -0.25) is 0 Å². The van der Waals surface area contributed by atoms with E-state index < -0.39 is 5.97 Å². The first kappa shape index (κ1) is 16.6. The van der Waals surface area contributed by atoms with Gasteiger partial charge in [-0.2, -0.15) is 0 Å². The molecule has 2 heteroatoms. The maximum atomic E-state index is 10.2. The first-order valence-corrected chi connectivity index (χ1v) is 6.20. The number of carbonyl (C=O) groups is 1. The van der Waals surface area contributed by atoms with Crippen LogP contribution in [0.15, 0.2) is 12.2 Å². The van der Waals surface area contributed by atoms with Gasteiger partial charge in [-0.05, 0) is 18.8 Å². The Morgan fingerprint density at radius 2 is 1.53 bits per heavy atom. The van der Waals surface area contributed by atoms with Gasteiger partial charge in [-0.1, -0.05) is 53.0 Å². The Morgan fingerprint density at radius 1 is 1.07 bits per heavy atom. The maximum Gasteiger partial charge on any atom is 0.327 e. The van der Waals surface area contributed by atoms with E-state index in [0.29, 0.717) is 5.92 Å². The summed E-state index contributed by atoms with van der Waals surface area (Å²) in [5, 5.41) is 8.36. The average molecular weight is 214 g/mol. The van der Waals surface area contributed by atoms with Crippen molar-refractivity contribution in [3.8, 4) is 0 Å². The molecule has 2 nitrogen and oxygen atoms in total. The zero-order valence-corrected chi connectivity index (χ0v) is 10.6. The summed E-state index contributed by atoms with van der Waals surface area (Å²) in [5.74, 6) is -0.296. The van der Waals surface area contributed by atoms with E-state index in [9.17, 15) is 4.79 Å². The van der Waals surface area contributed by atoms with Crippen molar-refractivity contribution in [1.29, 1.82) is 0 Å². The second-order valence-electron chi connectivity index (χ2n) is 3.10. The summed E-state index contributed by atoms with van der Waals surface area (Å²) in [6, 6.07) is 0. The lowest BCUT2D eigenvalue weighted by molar-refractivity contribution is -0.131. The van der Waals surface area contributed by atoms with Crippen LogP contribution in [-0.2, 0) is 4.79 Å². The van der Waals surface area contributed by atoms with Gasteiger partial charge in [0.05, 0.1) is 0 Å². The molecule has 0 atom stereocenters. The van der Waals surface area contributed by atoms with E-state index in [1.165, 1.54) is 38.2 Å². The molecule has 1 saturated carbocycles. The first-order chi connectivity index (χ1) is 7.29. The fourth-order valence-corrected chi connectivity index (χ4v) is 1.55. The fourth-order valence-electron chi connectivity index (χ4n) is 1.55. The largest absolute Gasteiger partial charge is 0.478 e. The van der Waals surface area contributed by atoms with Crippen molar-refractivity contribution >= 4 is 5.97 Å². The van der Waals surface area contributed by atoms with Crippen LogP contribution in [-0.4, -0.2) is 11.1 Å². The molecular formula is C13H26O2. The molecule has 1 aliphatic rings. The molecule has 0 amide bonds. The van der Waals surface area contributed by atoms with E-state index in [1.54, 1.807) is 0 Å². The predicted octanol–water partition coefficient (Wildman–Crippen LogP) is 4.26. The molecule has 0 heterocycles. The molecular weight excluding hydrogens is 188 g/mol. The number of hydrogen-bond acceptors (Lipinski definition) is 1.